The molecule has 0 fully saturated rings. The van der Waals surface area contributed by atoms with E-state index in [0.717, 1.165) is 22.8 Å². The Labute approximate surface area is 152 Å². The zero-order chi connectivity index (χ0) is 20.1. The maximum Gasteiger partial charge on any atom is 0.338 e. The van der Waals surface area contributed by atoms with Gasteiger partial charge < -0.3 is 10.5 Å². The van der Waals surface area contributed by atoms with Crippen molar-refractivity contribution in [3.05, 3.63) is 57.1 Å². The second kappa shape index (κ2) is 6.04. The van der Waals surface area contributed by atoms with Gasteiger partial charge in [0, 0.05) is 6.07 Å². The van der Waals surface area contributed by atoms with Gasteiger partial charge in [0.15, 0.2) is 0 Å². The summed E-state index contributed by atoms with van der Waals surface area (Å²) in [6.45, 7) is 5.02. The number of amides is 2. The van der Waals surface area contributed by atoms with E-state index in [1.165, 1.54) is 6.07 Å². The number of anilines is 1. The summed E-state index contributed by atoms with van der Waals surface area (Å²) < 4.78 is 20.4. The Morgan fingerprint density at radius 2 is 1.81 bits per heavy atom. The number of benzene rings is 1. The number of nitrogens with one attached hydrogen (secondary N) is 1. The van der Waals surface area contributed by atoms with Crippen LogP contribution in [0.15, 0.2) is 29.1 Å². The van der Waals surface area contributed by atoms with Crippen LogP contribution in [0.5, 0.6) is 0 Å². The Kier molecular flexibility index (Phi) is 4.10. The third-order valence-electron chi connectivity index (χ3n) is 3.77. The molecule has 2 heterocycles. The highest BCUT2D eigenvalue weighted by Gasteiger charge is 2.32. The van der Waals surface area contributed by atoms with Crippen LogP contribution in [0.25, 0.3) is 5.69 Å². The molecule has 0 saturated heterocycles. The molecule has 8 nitrogen and oxygen atoms in total. The van der Waals surface area contributed by atoms with Crippen molar-refractivity contribution in [2.45, 2.75) is 26.4 Å². The molecule has 0 aliphatic carbocycles. The van der Waals surface area contributed by atoms with Gasteiger partial charge in [0.2, 0.25) is 0 Å². The lowest BCUT2D eigenvalue weighted by Crippen LogP contribution is -2.26. The van der Waals surface area contributed by atoms with Crippen molar-refractivity contribution in [2.75, 3.05) is 5.73 Å². The molecule has 9 heteroatoms. The minimum Gasteiger partial charge on any atom is -0.456 e. The van der Waals surface area contributed by atoms with Gasteiger partial charge in [-0.1, -0.05) is 0 Å². The molecule has 140 valence electrons. The molecule has 0 atom stereocenters. The Morgan fingerprint density at radius 1 is 1.15 bits per heavy atom. The molecule has 3 rings (SSSR count). The monoisotopic (exact) mass is 373 g/mol. The highest BCUT2D eigenvalue weighted by molar-refractivity contribution is 6.23. The number of hydrogen-bond acceptors (Lipinski definition) is 6. The third kappa shape index (κ3) is 3.19. The molecule has 1 aliphatic rings. The Balaban J connectivity index is 2.18. The number of imide groups is 1. The van der Waals surface area contributed by atoms with Gasteiger partial charge in [0.05, 0.1) is 22.4 Å². The molecule has 1 aromatic heterocycles. The topological polar surface area (TPSA) is 120 Å². The van der Waals surface area contributed by atoms with E-state index < -0.39 is 40.6 Å². The molecule has 2 amide bonds. The maximum absolute atomic E-state index is 14.4. The highest BCUT2D eigenvalue weighted by Crippen LogP contribution is 2.25. The highest BCUT2D eigenvalue weighted by atomic mass is 19.1. The fraction of sp³-hybridized carbons (Fsp3) is 0.222. The van der Waals surface area contributed by atoms with E-state index >= 15 is 0 Å². The molecule has 0 bridgehead atoms. The first-order chi connectivity index (χ1) is 12.5. The predicted octanol–water partition coefficient (Wildman–Crippen LogP) is 1.40. The third-order valence-corrected chi connectivity index (χ3v) is 3.77. The van der Waals surface area contributed by atoms with Crippen LogP contribution >= 0.6 is 0 Å². The first-order valence-electron chi connectivity index (χ1n) is 7.94. The molecule has 1 aromatic carbocycles. The van der Waals surface area contributed by atoms with E-state index in [0.29, 0.717) is 0 Å². The predicted molar refractivity (Wildman–Crippen MR) is 93.4 cm³/mol. The van der Waals surface area contributed by atoms with Crippen LogP contribution in [0.2, 0.25) is 0 Å². The number of fused-ring (bicyclic) bond motifs is 1. The van der Waals surface area contributed by atoms with Crippen LogP contribution in [0, 0.1) is 5.82 Å². The maximum atomic E-state index is 14.4. The fourth-order valence-corrected chi connectivity index (χ4v) is 2.68. The quantitative estimate of drug-likeness (QED) is 0.606. The Hall–Kier alpha value is -3.49. The normalized spacial score (nSPS) is 13.3. The van der Waals surface area contributed by atoms with Crippen molar-refractivity contribution in [3.8, 4) is 5.69 Å². The molecule has 0 spiro atoms. The number of nitrogens with two attached hydrogens (primary N) is 1. The van der Waals surface area contributed by atoms with Crippen LogP contribution < -0.4 is 16.6 Å². The molecule has 0 unspecified atom stereocenters. The number of halogens is 1. The second-order valence-corrected chi connectivity index (χ2v) is 6.94. The van der Waals surface area contributed by atoms with E-state index in [1.54, 1.807) is 20.8 Å². The van der Waals surface area contributed by atoms with Crippen LogP contribution in [0.4, 0.5) is 10.2 Å². The molecule has 1 aliphatic heterocycles. The van der Waals surface area contributed by atoms with Gasteiger partial charge in [-0.05, 0) is 39.0 Å². The first kappa shape index (κ1) is 18.3. The summed E-state index contributed by atoms with van der Waals surface area (Å²) in [5, 5.41) is 2.02. The van der Waals surface area contributed by atoms with E-state index in [-0.39, 0.29) is 22.4 Å². The number of rotatable bonds is 2. The van der Waals surface area contributed by atoms with Crippen molar-refractivity contribution in [1.82, 2.24) is 9.88 Å². The molecule has 0 radical (unpaired) electrons. The zero-order valence-electron chi connectivity index (χ0n) is 14.8. The summed E-state index contributed by atoms with van der Waals surface area (Å²) in [5.74, 6) is -3.51. The van der Waals surface area contributed by atoms with Crippen LogP contribution in [0.1, 0.15) is 51.8 Å². The lowest BCUT2D eigenvalue weighted by atomic mass is 10.1. The summed E-state index contributed by atoms with van der Waals surface area (Å²) in [5.41, 5.74) is 3.55. The molecular weight excluding hydrogens is 357 g/mol. The van der Waals surface area contributed by atoms with Crippen molar-refractivity contribution in [3.63, 3.8) is 0 Å². The SMILES string of the molecule is CC(C)(C)OC(=O)c1ccc(F)c(-n2c(N)c3c(cc2=O)C(=O)NC3=O)c1. The summed E-state index contributed by atoms with van der Waals surface area (Å²) in [6, 6.07) is 4.18. The summed E-state index contributed by atoms with van der Waals surface area (Å²) in [6.07, 6.45) is 0. The number of esters is 1. The molecule has 27 heavy (non-hydrogen) atoms. The van der Waals surface area contributed by atoms with Gasteiger partial charge in [-0.2, -0.15) is 0 Å². The van der Waals surface area contributed by atoms with Gasteiger partial charge in [-0.25, -0.2) is 9.18 Å². The summed E-state index contributed by atoms with van der Waals surface area (Å²) >= 11 is 0. The van der Waals surface area contributed by atoms with Gasteiger partial charge in [-0.3, -0.25) is 24.3 Å². The van der Waals surface area contributed by atoms with Gasteiger partial charge in [0.25, 0.3) is 17.4 Å². The first-order valence-corrected chi connectivity index (χ1v) is 7.94. The van der Waals surface area contributed by atoms with E-state index in [9.17, 15) is 23.6 Å². The smallest absolute Gasteiger partial charge is 0.338 e. The number of ether oxygens (including phenoxy) is 1. The van der Waals surface area contributed by atoms with E-state index in [1.807, 2.05) is 5.32 Å². The van der Waals surface area contributed by atoms with Gasteiger partial charge in [0.1, 0.15) is 17.2 Å². The van der Waals surface area contributed by atoms with E-state index in [2.05, 4.69) is 0 Å². The Bertz CT molecular complexity index is 1070. The van der Waals surface area contributed by atoms with Gasteiger partial charge in [-0.15, -0.1) is 0 Å². The lowest BCUT2D eigenvalue weighted by Gasteiger charge is -2.20. The number of pyridine rings is 1. The van der Waals surface area contributed by atoms with E-state index in [4.69, 9.17) is 10.5 Å². The van der Waals surface area contributed by atoms with Crippen LogP contribution in [-0.4, -0.2) is 28.0 Å². The standard InChI is InChI=1S/C18H16FN3O5/c1-18(2,3)27-17(26)8-4-5-10(19)11(6-8)22-12(23)7-9-13(14(22)20)16(25)21-15(9)24/h4-7H,20H2,1-3H3,(H,21,24,25). The zero-order valence-corrected chi connectivity index (χ0v) is 14.8. The lowest BCUT2D eigenvalue weighted by molar-refractivity contribution is 0.00692. The molecule has 3 N–H and O–H groups in total. The van der Waals surface area contributed by atoms with Crippen molar-refractivity contribution in [1.29, 1.82) is 0 Å². The minimum absolute atomic E-state index is 0.00588. The molecule has 2 aromatic rings. The number of carbonyl (C=O) groups is 3. The number of hydrogen-bond donors (Lipinski definition) is 2. The number of nitrogen functional groups attached to an aromatic ring is 1. The molecule has 0 saturated carbocycles. The molecular formula is C18H16FN3O5. The average Bonchev–Trinajstić information content (AvgIpc) is 2.81. The van der Waals surface area contributed by atoms with Crippen LogP contribution in [0.3, 0.4) is 0 Å². The second-order valence-electron chi connectivity index (χ2n) is 6.94. The number of carbonyl (C=O) groups excluding carboxylic acids is 3. The van der Waals surface area contributed by atoms with Crippen molar-refractivity contribution in [2.24, 2.45) is 0 Å². The number of aromatic nitrogens is 1. The Morgan fingerprint density at radius 3 is 2.44 bits per heavy atom. The van der Waals surface area contributed by atoms with Crippen molar-refractivity contribution >= 4 is 23.6 Å². The largest absolute Gasteiger partial charge is 0.456 e. The van der Waals surface area contributed by atoms with Crippen LogP contribution in [-0.2, 0) is 4.74 Å². The van der Waals surface area contributed by atoms with Gasteiger partial charge >= 0.3 is 5.97 Å². The minimum atomic E-state index is -0.846. The summed E-state index contributed by atoms with van der Waals surface area (Å²) in [4.78, 5) is 48.3. The fourth-order valence-electron chi connectivity index (χ4n) is 2.68. The van der Waals surface area contributed by atoms with Crippen molar-refractivity contribution < 1.29 is 23.5 Å². The summed E-state index contributed by atoms with van der Waals surface area (Å²) in [7, 11) is 0. The average molecular weight is 373 g/mol. The number of nitrogens with zero attached hydrogens (tertiary/aromatic N) is 1.